The van der Waals surface area contributed by atoms with Crippen molar-refractivity contribution in [2.24, 2.45) is 0 Å². The van der Waals surface area contributed by atoms with Gasteiger partial charge in [-0.2, -0.15) is 0 Å². The van der Waals surface area contributed by atoms with Crippen LogP contribution in [0.1, 0.15) is 39.1 Å². The van der Waals surface area contributed by atoms with Gasteiger partial charge in [0.05, 0.1) is 23.9 Å². The minimum absolute atomic E-state index is 0.0357. The van der Waals surface area contributed by atoms with E-state index in [1.54, 1.807) is 29.2 Å². The van der Waals surface area contributed by atoms with E-state index < -0.39 is 5.82 Å². The topological polar surface area (TPSA) is 58.6 Å². The van der Waals surface area contributed by atoms with Crippen molar-refractivity contribution in [3.05, 3.63) is 88.2 Å². The highest BCUT2D eigenvalue weighted by atomic mass is 35.5. The van der Waals surface area contributed by atoms with E-state index in [0.717, 1.165) is 29.2 Å². The largest absolute Gasteiger partial charge is 0.376 e. The van der Waals surface area contributed by atoms with Gasteiger partial charge in [0.1, 0.15) is 5.82 Å². The second-order valence-electron chi connectivity index (χ2n) is 8.25. The van der Waals surface area contributed by atoms with Gasteiger partial charge in [-0.05, 0) is 60.9 Å². The molecule has 3 aromatic carbocycles. The lowest BCUT2D eigenvalue weighted by Gasteiger charge is -2.24. The molecular weight excluding hydrogens is 475 g/mol. The monoisotopic (exact) mass is 496 g/mol. The van der Waals surface area contributed by atoms with Crippen molar-refractivity contribution >= 4 is 40.9 Å². The van der Waals surface area contributed by atoms with Gasteiger partial charge in [-0.1, -0.05) is 41.6 Å². The van der Waals surface area contributed by atoms with Crippen molar-refractivity contribution in [3.63, 3.8) is 0 Å². The number of fused-ring (bicyclic) bond motifs is 2. The highest BCUT2D eigenvalue weighted by Crippen LogP contribution is 2.42. The van der Waals surface area contributed by atoms with Crippen LogP contribution in [0.3, 0.4) is 0 Å². The second kappa shape index (κ2) is 9.78. The van der Waals surface area contributed by atoms with Crippen LogP contribution in [0.25, 0.3) is 0 Å². The molecule has 8 heteroatoms. The predicted octanol–water partition coefficient (Wildman–Crippen LogP) is 5.70. The summed E-state index contributed by atoms with van der Waals surface area (Å²) in [6.45, 7) is 1.31. The minimum Gasteiger partial charge on any atom is -0.376 e. The fourth-order valence-electron chi connectivity index (χ4n) is 4.15. The smallest absolute Gasteiger partial charge is 0.259 e. The van der Waals surface area contributed by atoms with E-state index in [1.807, 2.05) is 24.3 Å². The highest BCUT2D eigenvalue weighted by Gasteiger charge is 2.29. The molecule has 0 saturated carbocycles. The Hall–Kier alpha value is -2.87. The molecule has 0 radical (unpaired) electrons. The lowest BCUT2D eigenvalue weighted by Crippen LogP contribution is -2.33. The van der Waals surface area contributed by atoms with E-state index in [1.165, 1.54) is 23.9 Å². The van der Waals surface area contributed by atoms with Crippen LogP contribution >= 0.6 is 23.4 Å². The van der Waals surface area contributed by atoms with Crippen molar-refractivity contribution in [2.75, 3.05) is 18.1 Å². The molecule has 1 N–H and O–H groups in total. The highest BCUT2D eigenvalue weighted by molar-refractivity contribution is 7.99. The number of hydrogen-bond donors (Lipinski definition) is 1. The molecule has 3 aromatic rings. The summed E-state index contributed by atoms with van der Waals surface area (Å²) in [5, 5.41) is 3.18. The lowest BCUT2D eigenvalue weighted by molar-refractivity contribution is 0.0857. The Morgan fingerprint density at radius 1 is 1.15 bits per heavy atom. The third-order valence-electron chi connectivity index (χ3n) is 5.95. The zero-order chi connectivity index (χ0) is 23.7. The summed E-state index contributed by atoms with van der Waals surface area (Å²) in [6.07, 6.45) is 1.97. The van der Waals surface area contributed by atoms with Crippen molar-refractivity contribution in [3.8, 4) is 0 Å². The third kappa shape index (κ3) is 4.69. The van der Waals surface area contributed by atoms with Crippen LogP contribution in [0.15, 0.2) is 70.5 Å². The van der Waals surface area contributed by atoms with Crippen LogP contribution < -0.4 is 10.2 Å². The first-order valence-corrected chi connectivity index (χ1v) is 12.3. The molecule has 0 spiro atoms. The molecular formula is C26H22ClFN2O3S. The molecule has 2 aliphatic heterocycles. The first-order chi connectivity index (χ1) is 16.5. The summed E-state index contributed by atoms with van der Waals surface area (Å²) in [5.74, 6) is -0.876. The molecule has 1 atom stereocenters. The third-order valence-corrected chi connectivity index (χ3v) is 7.45. The average Bonchev–Trinajstić information content (AvgIpc) is 3.32. The number of carbonyl (C=O) groups excluding carboxylic acids is 2. The summed E-state index contributed by atoms with van der Waals surface area (Å²) < 4.78 is 19.2. The van der Waals surface area contributed by atoms with E-state index >= 15 is 0 Å². The molecule has 1 saturated heterocycles. The zero-order valence-corrected chi connectivity index (χ0v) is 19.8. The van der Waals surface area contributed by atoms with E-state index in [-0.39, 0.29) is 29.5 Å². The summed E-state index contributed by atoms with van der Waals surface area (Å²) in [7, 11) is 0. The Bertz CT molecular complexity index is 1260. The fraction of sp³-hybridized carbons (Fsp3) is 0.231. The molecule has 1 fully saturated rings. The van der Waals surface area contributed by atoms with Crippen molar-refractivity contribution in [2.45, 2.75) is 35.3 Å². The number of ether oxygens (including phenoxy) is 1. The van der Waals surface area contributed by atoms with Gasteiger partial charge in [-0.15, -0.1) is 0 Å². The summed E-state index contributed by atoms with van der Waals surface area (Å²) in [6, 6.07) is 16.9. The first kappa shape index (κ1) is 22.9. The van der Waals surface area contributed by atoms with E-state index in [0.29, 0.717) is 28.9 Å². The van der Waals surface area contributed by atoms with Crippen LogP contribution in [-0.2, 0) is 11.3 Å². The zero-order valence-electron chi connectivity index (χ0n) is 18.2. The maximum absolute atomic E-state index is 13.6. The maximum Gasteiger partial charge on any atom is 0.259 e. The van der Waals surface area contributed by atoms with Crippen molar-refractivity contribution in [1.29, 1.82) is 0 Å². The Balaban J connectivity index is 1.51. The molecule has 34 heavy (non-hydrogen) atoms. The van der Waals surface area contributed by atoms with E-state index in [2.05, 4.69) is 5.32 Å². The number of carbonyl (C=O) groups is 2. The molecule has 0 aromatic heterocycles. The lowest BCUT2D eigenvalue weighted by atomic mass is 10.1. The van der Waals surface area contributed by atoms with Gasteiger partial charge < -0.3 is 15.0 Å². The van der Waals surface area contributed by atoms with Crippen LogP contribution in [0.5, 0.6) is 0 Å². The minimum atomic E-state index is -0.442. The van der Waals surface area contributed by atoms with Crippen LogP contribution in [-0.4, -0.2) is 31.1 Å². The van der Waals surface area contributed by atoms with Gasteiger partial charge in [-0.3, -0.25) is 9.59 Å². The van der Waals surface area contributed by atoms with E-state index in [9.17, 15) is 14.0 Å². The van der Waals surface area contributed by atoms with Gasteiger partial charge in [0.2, 0.25) is 0 Å². The van der Waals surface area contributed by atoms with Gasteiger partial charge in [-0.25, -0.2) is 4.39 Å². The number of hydrogen-bond acceptors (Lipinski definition) is 4. The van der Waals surface area contributed by atoms with Crippen molar-refractivity contribution in [1.82, 2.24) is 5.32 Å². The van der Waals surface area contributed by atoms with E-state index in [4.69, 9.17) is 16.3 Å². The molecule has 5 nitrogen and oxygen atoms in total. The molecule has 0 aliphatic carbocycles. The van der Waals surface area contributed by atoms with Gasteiger partial charge in [0, 0.05) is 33.5 Å². The van der Waals surface area contributed by atoms with Crippen LogP contribution in [0, 0.1) is 5.82 Å². The molecule has 5 rings (SSSR count). The number of nitrogens with zero attached hydrogens (tertiary/aromatic N) is 1. The van der Waals surface area contributed by atoms with Crippen LogP contribution in [0.2, 0.25) is 5.02 Å². The molecule has 174 valence electrons. The predicted molar refractivity (Wildman–Crippen MR) is 130 cm³/mol. The number of benzene rings is 3. The summed E-state index contributed by atoms with van der Waals surface area (Å²) in [4.78, 5) is 29.8. The molecule has 0 bridgehead atoms. The van der Waals surface area contributed by atoms with Gasteiger partial charge >= 0.3 is 0 Å². The summed E-state index contributed by atoms with van der Waals surface area (Å²) >= 11 is 7.77. The Kier molecular flexibility index (Phi) is 6.59. The van der Waals surface area contributed by atoms with Gasteiger partial charge in [0.15, 0.2) is 0 Å². The average molecular weight is 497 g/mol. The standard InChI is InChI=1S/C26H22ClFN2O3S/c27-21-13-18(28)9-7-17(21)15-30-22-12-16(25(31)29-14-19-4-3-11-33-19)8-10-24(22)34-23-6-2-1-5-20(23)26(30)32/h1-2,5-10,12-13,19H,3-4,11,14-15H2,(H,29,31)/t19-/m1/s1. The second-order valence-corrected chi connectivity index (χ2v) is 9.74. The maximum atomic E-state index is 13.6. The molecule has 2 amide bonds. The summed E-state index contributed by atoms with van der Waals surface area (Å²) in [5.41, 5.74) is 2.23. The normalized spacial score (nSPS) is 17.2. The molecule has 2 aliphatic rings. The van der Waals surface area contributed by atoms with Crippen LogP contribution in [0.4, 0.5) is 10.1 Å². The van der Waals surface area contributed by atoms with Gasteiger partial charge in [0.25, 0.3) is 11.8 Å². The number of anilines is 1. The number of amides is 2. The first-order valence-electron chi connectivity index (χ1n) is 11.1. The molecule has 0 unspecified atom stereocenters. The quantitative estimate of drug-likeness (QED) is 0.492. The molecule has 2 heterocycles. The fourth-order valence-corrected chi connectivity index (χ4v) is 5.44. The Morgan fingerprint density at radius 3 is 2.79 bits per heavy atom. The number of rotatable bonds is 5. The van der Waals surface area contributed by atoms with Crippen molar-refractivity contribution < 1.29 is 18.7 Å². The SMILES string of the molecule is O=C(NC[C@H]1CCCO1)c1ccc2c(c1)N(Cc1ccc(F)cc1Cl)C(=O)c1ccccc1S2. The number of nitrogens with one attached hydrogen (secondary N) is 1. The Morgan fingerprint density at radius 2 is 2.00 bits per heavy atom. The number of halogens is 2. The Labute approximate surface area is 206 Å².